The highest BCUT2D eigenvalue weighted by atomic mass is 16.5. The lowest BCUT2D eigenvalue weighted by Gasteiger charge is -2.18. The molecule has 0 saturated heterocycles. The molecule has 1 aromatic heterocycles. The molecule has 0 saturated carbocycles. The highest BCUT2D eigenvalue weighted by Gasteiger charge is 2.17. The zero-order chi connectivity index (χ0) is 23.9. The maximum atomic E-state index is 12.9. The number of amides is 2. The van der Waals surface area contributed by atoms with E-state index in [-0.39, 0.29) is 18.2 Å². The van der Waals surface area contributed by atoms with Gasteiger partial charge in [-0.25, -0.2) is 0 Å². The summed E-state index contributed by atoms with van der Waals surface area (Å²) in [6, 6.07) is 20.1. The first-order valence-electron chi connectivity index (χ1n) is 11.2. The molecule has 4 aromatic rings. The molecule has 0 bridgehead atoms. The van der Waals surface area contributed by atoms with Crippen LogP contribution in [0.25, 0.3) is 10.9 Å². The first-order chi connectivity index (χ1) is 16.6. The Morgan fingerprint density at radius 1 is 0.824 bits per heavy atom. The number of fused-ring (bicyclic) bond motifs is 1. The molecule has 34 heavy (non-hydrogen) atoms. The van der Waals surface area contributed by atoms with E-state index in [0.29, 0.717) is 41.7 Å². The number of aromatic nitrogens is 1. The molecule has 1 heterocycles. The van der Waals surface area contributed by atoms with Crippen LogP contribution in [0.15, 0.2) is 72.9 Å². The Bertz CT molecular complexity index is 1300. The molecule has 0 aliphatic rings. The maximum absolute atomic E-state index is 12.9. The second kappa shape index (κ2) is 10.6. The Labute approximate surface area is 198 Å². The quantitative estimate of drug-likeness (QED) is 0.314. The van der Waals surface area contributed by atoms with E-state index in [2.05, 4.69) is 15.6 Å². The van der Waals surface area contributed by atoms with Crippen LogP contribution in [-0.4, -0.2) is 30.0 Å². The van der Waals surface area contributed by atoms with Crippen molar-refractivity contribution < 1.29 is 19.1 Å². The monoisotopic (exact) mass is 457 g/mol. The zero-order valence-corrected chi connectivity index (χ0v) is 19.2. The molecule has 3 N–H and O–H groups in total. The Morgan fingerprint density at radius 2 is 1.44 bits per heavy atom. The van der Waals surface area contributed by atoms with Crippen molar-refractivity contribution in [3.05, 3.63) is 84.1 Å². The minimum absolute atomic E-state index is 0.186. The van der Waals surface area contributed by atoms with Crippen molar-refractivity contribution in [2.24, 2.45) is 0 Å². The first kappa shape index (κ1) is 22.9. The molecular formula is C27H27N3O4. The lowest BCUT2D eigenvalue weighted by atomic mass is 10.1. The molecule has 0 spiro atoms. The van der Waals surface area contributed by atoms with Crippen molar-refractivity contribution in [1.82, 2.24) is 4.98 Å². The molecule has 0 fully saturated rings. The van der Waals surface area contributed by atoms with Gasteiger partial charge in [0.15, 0.2) is 0 Å². The van der Waals surface area contributed by atoms with Gasteiger partial charge in [-0.2, -0.15) is 0 Å². The molecule has 0 aliphatic heterocycles. The summed E-state index contributed by atoms with van der Waals surface area (Å²) in [6.07, 6.45) is 2.05. The number of aromatic amines is 1. The molecule has 7 heteroatoms. The van der Waals surface area contributed by atoms with E-state index in [4.69, 9.17) is 9.47 Å². The number of anilines is 2. The number of hydrogen-bond acceptors (Lipinski definition) is 4. The van der Waals surface area contributed by atoms with Crippen LogP contribution in [0.5, 0.6) is 11.5 Å². The molecule has 0 aliphatic carbocycles. The number of carbonyl (C=O) groups excluding carboxylic acids is 2. The molecule has 0 radical (unpaired) electrons. The van der Waals surface area contributed by atoms with Crippen LogP contribution < -0.4 is 20.1 Å². The average Bonchev–Trinajstić information content (AvgIpc) is 3.25. The molecule has 0 unspecified atom stereocenters. The summed E-state index contributed by atoms with van der Waals surface area (Å²) in [4.78, 5) is 28.8. The highest BCUT2D eigenvalue weighted by Crippen LogP contribution is 2.37. The van der Waals surface area contributed by atoms with E-state index in [1.54, 1.807) is 36.4 Å². The lowest BCUT2D eigenvalue weighted by molar-refractivity contribution is -0.115. The number of para-hydroxylation sites is 1. The number of ether oxygens (including phenoxy) is 2. The van der Waals surface area contributed by atoms with Gasteiger partial charge in [-0.1, -0.05) is 36.4 Å². The van der Waals surface area contributed by atoms with Crippen LogP contribution in [0.2, 0.25) is 0 Å². The Balaban J connectivity index is 1.59. The summed E-state index contributed by atoms with van der Waals surface area (Å²) < 4.78 is 11.5. The Hall–Kier alpha value is -4.26. The fourth-order valence-corrected chi connectivity index (χ4v) is 3.73. The van der Waals surface area contributed by atoms with Crippen molar-refractivity contribution in [2.45, 2.75) is 20.3 Å². The van der Waals surface area contributed by atoms with E-state index >= 15 is 0 Å². The van der Waals surface area contributed by atoms with Crippen molar-refractivity contribution >= 4 is 34.1 Å². The van der Waals surface area contributed by atoms with Crippen LogP contribution in [0.1, 0.15) is 29.8 Å². The van der Waals surface area contributed by atoms with Crippen LogP contribution in [0.3, 0.4) is 0 Å². The summed E-state index contributed by atoms with van der Waals surface area (Å²) >= 11 is 0. The molecule has 3 aromatic carbocycles. The minimum Gasteiger partial charge on any atom is -0.492 e. The van der Waals surface area contributed by atoms with Gasteiger partial charge in [0.1, 0.15) is 11.5 Å². The number of benzene rings is 3. The summed E-state index contributed by atoms with van der Waals surface area (Å²) in [5.41, 5.74) is 3.36. The van der Waals surface area contributed by atoms with Crippen molar-refractivity contribution in [3.63, 3.8) is 0 Å². The minimum atomic E-state index is -0.264. The predicted octanol–water partition coefficient (Wildman–Crippen LogP) is 5.40. The topological polar surface area (TPSA) is 92.4 Å². The first-order valence-corrected chi connectivity index (χ1v) is 11.2. The van der Waals surface area contributed by atoms with Gasteiger partial charge in [-0.05, 0) is 37.6 Å². The van der Waals surface area contributed by atoms with Crippen LogP contribution in [0, 0.1) is 0 Å². The van der Waals surface area contributed by atoms with Gasteiger partial charge < -0.3 is 25.1 Å². The molecule has 7 nitrogen and oxygen atoms in total. The van der Waals surface area contributed by atoms with Crippen molar-refractivity contribution in [2.75, 3.05) is 23.8 Å². The fraction of sp³-hybridized carbons (Fsp3) is 0.185. The van der Waals surface area contributed by atoms with Gasteiger partial charge in [-0.15, -0.1) is 0 Å². The van der Waals surface area contributed by atoms with E-state index < -0.39 is 0 Å². The number of hydrogen-bond donors (Lipinski definition) is 3. The normalized spacial score (nSPS) is 10.6. The molecular weight excluding hydrogens is 430 g/mol. The number of nitrogens with one attached hydrogen (secondary N) is 3. The number of rotatable bonds is 9. The summed E-state index contributed by atoms with van der Waals surface area (Å²) in [7, 11) is 0. The van der Waals surface area contributed by atoms with Gasteiger partial charge in [0.25, 0.3) is 5.91 Å². The summed E-state index contributed by atoms with van der Waals surface area (Å²) in [5.74, 6) is 0.438. The number of H-pyrrole nitrogens is 1. The SMILES string of the molecule is CCOc1cc(NC(=O)c2ccccc2)c(OCC)cc1NC(=O)Cc1c[nH]c2ccccc12. The van der Waals surface area contributed by atoms with Crippen LogP contribution in [0.4, 0.5) is 11.4 Å². The highest BCUT2D eigenvalue weighted by molar-refractivity contribution is 6.05. The third kappa shape index (κ3) is 5.20. The van der Waals surface area contributed by atoms with Gasteiger partial charge in [0.05, 0.1) is 31.0 Å². The molecule has 0 atom stereocenters. The second-order valence-electron chi connectivity index (χ2n) is 7.62. The van der Waals surface area contributed by atoms with Gasteiger partial charge in [0.2, 0.25) is 5.91 Å². The zero-order valence-electron chi connectivity index (χ0n) is 19.2. The van der Waals surface area contributed by atoms with Crippen molar-refractivity contribution in [3.8, 4) is 11.5 Å². The summed E-state index contributed by atoms with van der Waals surface area (Å²) in [6.45, 7) is 4.50. The van der Waals surface area contributed by atoms with Gasteiger partial charge in [-0.3, -0.25) is 9.59 Å². The summed E-state index contributed by atoms with van der Waals surface area (Å²) in [5, 5.41) is 6.84. The van der Waals surface area contributed by atoms with Gasteiger partial charge >= 0.3 is 0 Å². The maximum Gasteiger partial charge on any atom is 0.255 e. The standard InChI is InChI=1S/C27H27N3O4/c1-3-33-24-16-23(30-27(32)18-10-6-5-7-11-18)25(34-4-2)15-22(24)29-26(31)14-19-17-28-21-13-9-8-12-20(19)21/h5-13,15-17,28H,3-4,14H2,1-2H3,(H,29,31)(H,30,32). The number of carbonyl (C=O) groups is 2. The van der Waals surface area contributed by atoms with E-state index in [9.17, 15) is 9.59 Å². The molecule has 174 valence electrons. The lowest BCUT2D eigenvalue weighted by Crippen LogP contribution is -2.17. The van der Waals surface area contributed by atoms with Crippen LogP contribution >= 0.6 is 0 Å². The average molecular weight is 458 g/mol. The largest absolute Gasteiger partial charge is 0.492 e. The molecule has 4 rings (SSSR count). The smallest absolute Gasteiger partial charge is 0.255 e. The third-order valence-corrected chi connectivity index (χ3v) is 5.27. The van der Waals surface area contributed by atoms with Crippen LogP contribution in [-0.2, 0) is 11.2 Å². The van der Waals surface area contributed by atoms with E-state index in [0.717, 1.165) is 16.5 Å². The third-order valence-electron chi connectivity index (χ3n) is 5.27. The Morgan fingerprint density at radius 3 is 2.12 bits per heavy atom. The van der Waals surface area contributed by atoms with Crippen molar-refractivity contribution in [1.29, 1.82) is 0 Å². The Kier molecular flexibility index (Phi) is 7.13. The molecule has 2 amide bonds. The van der Waals surface area contributed by atoms with Gasteiger partial charge in [0, 0.05) is 34.8 Å². The van der Waals surface area contributed by atoms with E-state index in [1.807, 2.05) is 50.4 Å². The predicted molar refractivity (Wildman–Crippen MR) is 134 cm³/mol. The van der Waals surface area contributed by atoms with E-state index in [1.165, 1.54) is 0 Å². The fourth-order valence-electron chi connectivity index (χ4n) is 3.73. The second-order valence-corrected chi connectivity index (χ2v) is 7.62.